The Bertz CT molecular complexity index is 600. The minimum absolute atomic E-state index is 0.00511. The zero-order chi connectivity index (χ0) is 17.6. The summed E-state index contributed by atoms with van der Waals surface area (Å²) in [5.74, 6) is 2.51. The summed E-state index contributed by atoms with van der Waals surface area (Å²) in [6.45, 7) is 6.66. The predicted octanol–water partition coefficient (Wildman–Crippen LogP) is 1.64. The number of ether oxygens (including phenoxy) is 1. The van der Waals surface area contributed by atoms with Gasteiger partial charge in [-0.25, -0.2) is 0 Å². The molecule has 1 aromatic heterocycles. The van der Waals surface area contributed by atoms with Crippen molar-refractivity contribution in [3.8, 4) is 0 Å². The quantitative estimate of drug-likeness (QED) is 0.790. The Balaban J connectivity index is 1.52. The highest BCUT2D eigenvalue weighted by Gasteiger charge is 2.26. The Labute approximate surface area is 152 Å². The van der Waals surface area contributed by atoms with Crippen molar-refractivity contribution in [2.75, 3.05) is 51.7 Å². The smallest absolute Gasteiger partial charge is 0.281 e. The molecule has 1 N–H and O–H groups in total. The first-order chi connectivity index (χ1) is 12.1. The number of nitrogens with one attached hydrogen (secondary N) is 1. The van der Waals surface area contributed by atoms with Crippen molar-refractivity contribution in [2.45, 2.75) is 19.4 Å². The molecule has 1 atom stereocenters. The van der Waals surface area contributed by atoms with Crippen molar-refractivity contribution in [3.63, 3.8) is 0 Å². The van der Waals surface area contributed by atoms with Crippen LogP contribution in [0.2, 0.25) is 0 Å². The largest absolute Gasteiger partial charge is 0.465 e. The Hall–Kier alpha value is -1.51. The molecule has 0 saturated carbocycles. The van der Waals surface area contributed by atoms with Crippen LogP contribution >= 0.6 is 11.8 Å². The molecule has 0 aromatic carbocycles. The summed E-state index contributed by atoms with van der Waals surface area (Å²) in [4.78, 5) is 27.8. The maximum atomic E-state index is 12.2. The van der Waals surface area contributed by atoms with Crippen LogP contribution in [-0.2, 0) is 9.53 Å². The van der Waals surface area contributed by atoms with Gasteiger partial charge in [-0.1, -0.05) is 11.8 Å². The lowest BCUT2D eigenvalue weighted by Gasteiger charge is -2.33. The molecule has 3 rings (SSSR count). The number of hydrogen-bond donors (Lipinski definition) is 1. The number of nitrogens with zero attached hydrogens (tertiary/aromatic N) is 2. The molecule has 0 aliphatic carbocycles. The Morgan fingerprint density at radius 3 is 2.76 bits per heavy atom. The van der Waals surface area contributed by atoms with Crippen LogP contribution < -0.4 is 5.32 Å². The van der Waals surface area contributed by atoms with E-state index in [1.807, 2.05) is 19.1 Å². The van der Waals surface area contributed by atoms with Gasteiger partial charge in [0.25, 0.3) is 5.24 Å². The Morgan fingerprint density at radius 2 is 2.12 bits per heavy atom. The van der Waals surface area contributed by atoms with E-state index in [4.69, 9.17) is 9.15 Å². The third kappa shape index (κ3) is 4.99. The highest BCUT2D eigenvalue weighted by molar-refractivity contribution is 8.13. The van der Waals surface area contributed by atoms with Gasteiger partial charge in [0.05, 0.1) is 19.3 Å². The zero-order valence-electron chi connectivity index (χ0n) is 14.5. The number of amides is 2. The van der Waals surface area contributed by atoms with Crippen LogP contribution in [0.4, 0.5) is 4.79 Å². The molecule has 8 heteroatoms. The van der Waals surface area contributed by atoms with E-state index in [2.05, 4.69) is 10.2 Å². The van der Waals surface area contributed by atoms with E-state index in [1.165, 1.54) is 11.8 Å². The third-order valence-corrected chi connectivity index (χ3v) is 5.41. The lowest BCUT2D eigenvalue weighted by Crippen LogP contribution is -2.44. The molecule has 25 heavy (non-hydrogen) atoms. The van der Waals surface area contributed by atoms with Crippen LogP contribution in [0.5, 0.6) is 0 Å². The number of carbonyl (C=O) groups excluding carboxylic acids is 2. The number of rotatable bonds is 7. The second kappa shape index (κ2) is 8.73. The molecular formula is C17H25N3O4S. The summed E-state index contributed by atoms with van der Waals surface area (Å²) in [7, 11) is 0. The van der Waals surface area contributed by atoms with Gasteiger partial charge in [-0.3, -0.25) is 14.5 Å². The van der Waals surface area contributed by atoms with Crippen LogP contribution in [-0.4, -0.2) is 72.6 Å². The molecule has 0 radical (unpaired) electrons. The molecule has 0 bridgehead atoms. The normalized spacial score (nSPS) is 20.0. The maximum Gasteiger partial charge on any atom is 0.281 e. The molecule has 2 aliphatic rings. The second-order valence-corrected chi connectivity index (χ2v) is 7.31. The van der Waals surface area contributed by atoms with Gasteiger partial charge in [-0.2, -0.15) is 0 Å². The molecule has 2 aliphatic heterocycles. The molecule has 3 heterocycles. The van der Waals surface area contributed by atoms with Crippen LogP contribution in [0, 0.1) is 6.92 Å². The molecule has 2 amide bonds. The predicted molar refractivity (Wildman–Crippen MR) is 95.6 cm³/mol. The number of carbonyl (C=O) groups is 2. The fourth-order valence-corrected chi connectivity index (χ4v) is 3.95. The van der Waals surface area contributed by atoms with Crippen LogP contribution in [0.1, 0.15) is 24.0 Å². The van der Waals surface area contributed by atoms with Gasteiger partial charge in [0.15, 0.2) is 0 Å². The van der Waals surface area contributed by atoms with E-state index in [-0.39, 0.29) is 17.2 Å². The highest BCUT2D eigenvalue weighted by atomic mass is 32.2. The van der Waals surface area contributed by atoms with E-state index >= 15 is 0 Å². The fourth-order valence-electron chi connectivity index (χ4n) is 3.10. The lowest BCUT2D eigenvalue weighted by atomic mass is 10.1. The maximum absolute atomic E-state index is 12.2. The number of furan rings is 1. The highest BCUT2D eigenvalue weighted by Crippen LogP contribution is 2.23. The average molecular weight is 367 g/mol. The van der Waals surface area contributed by atoms with E-state index in [1.54, 1.807) is 4.90 Å². The van der Waals surface area contributed by atoms with E-state index < -0.39 is 0 Å². The number of aryl methyl sites for hydroxylation is 1. The minimum Gasteiger partial charge on any atom is -0.465 e. The van der Waals surface area contributed by atoms with Gasteiger partial charge < -0.3 is 19.4 Å². The average Bonchev–Trinajstić information content (AvgIpc) is 3.22. The first kappa shape index (κ1) is 18.3. The standard InChI is InChI=1S/C17H25N3O4S/c1-13-2-3-15(24-13)14(19-6-9-23-10-7-19)12-18-16(21)4-5-20-8-11-25-17(20)22/h2-3,14H,4-12H2,1H3,(H,18,21)/t14-/m1/s1. The molecule has 2 saturated heterocycles. The molecule has 138 valence electrons. The van der Waals surface area contributed by atoms with Crippen LogP contribution in [0.3, 0.4) is 0 Å². The first-order valence-electron chi connectivity index (χ1n) is 8.70. The molecule has 0 spiro atoms. The van der Waals surface area contributed by atoms with Crippen LogP contribution in [0.25, 0.3) is 0 Å². The van der Waals surface area contributed by atoms with Gasteiger partial charge in [0.1, 0.15) is 11.5 Å². The van der Waals surface area contributed by atoms with E-state index in [0.29, 0.717) is 32.7 Å². The number of hydrogen-bond acceptors (Lipinski definition) is 6. The Morgan fingerprint density at radius 1 is 1.32 bits per heavy atom. The van der Waals surface area contributed by atoms with Gasteiger partial charge in [0, 0.05) is 44.9 Å². The summed E-state index contributed by atoms with van der Waals surface area (Å²) in [5, 5.41) is 3.07. The van der Waals surface area contributed by atoms with Gasteiger partial charge in [0.2, 0.25) is 5.91 Å². The lowest BCUT2D eigenvalue weighted by molar-refractivity contribution is -0.121. The summed E-state index contributed by atoms with van der Waals surface area (Å²) in [6, 6.07) is 3.92. The van der Waals surface area contributed by atoms with Crippen molar-refractivity contribution in [2.24, 2.45) is 0 Å². The van der Waals surface area contributed by atoms with E-state index in [0.717, 1.165) is 36.9 Å². The molecule has 2 fully saturated rings. The number of morpholine rings is 1. The minimum atomic E-state index is -0.0359. The number of thioether (sulfide) groups is 1. The van der Waals surface area contributed by atoms with Crippen molar-refractivity contribution < 1.29 is 18.7 Å². The second-order valence-electron chi connectivity index (χ2n) is 6.27. The van der Waals surface area contributed by atoms with E-state index in [9.17, 15) is 9.59 Å². The van der Waals surface area contributed by atoms with Crippen molar-refractivity contribution in [3.05, 3.63) is 23.7 Å². The van der Waals surface area contributed by atoms with Crippen molar-refractivity contribution in [1.82, 2.24) is 15.1 Å². The SMILES string of the molecule is Cc1ccc([C@@H](CNC(=O)CCN2CCSC2=O)N2CCOCC2)o1. The molecule has 0 unspecified atom stereocenters. The van der Waals surface area contributed by atoms with Gasteiger partial charge in [-0.15, -0.1) is 0 Å². The summed E-state index contributed by atoms with van der Waals surface area (Å²) in [6.07, 6.45) is 0.333. The third-order valence-electron chi connectivity index (χ3n) is 4.52. The summed E-state index contributed by atoms with van der Waals surface area (Å²) in [5.41, 5.74) is 0. The topological polar surface area (TPSA) is 75.0 Å². The van der Waals surface area contributed by atoms with Crippen molar-refractivity contribution >= 4 is 22.9 Å². The summed E-state index contributed by atoms with van der Waals surface area (Å²) >= 11 is 1.32. The molecule has 7 nitrogen and oxygen atoms in total. The summed E-state index contributed by atoms with van der Waals surface area (Å²) < 4.78 is 11.2. The van der Waals surface area contributed by atoms with Crippen LogP contribution in [0.15, 0.2) is 16.5 Å². The van der Waals surface area contributed by atoms with Crippen molar-refractivity contribution in [1.29, 1.82) is 0 Å². The molecule has 1 aromatic rings. The Kier molecular flexibility index (Phi) is 6.39. The monoisotopic (exact) mass is 367 g/mol. The first-order valence-corrected chi connectivity index (χ1v) is 9.68. The van der Waals surface area contributed by atoms with Gasteiger partial charge >= 0.3 is 0 Å². The molecular weight excluding hydrogens is 342 g/mol. The zero-order valence-corrected chi connectivity index (χ0v) is 15.3. The fraction of sp³-hybridized carbons (Fsp3) is 0.647. The van der Waals surface area contributed by atoms with Gasteiger partial charge in [-0.05, 0) is 19.1 Å².